The van der Waals surface area contributed by atoms with E-state index in [4.69, 9.17) is 17.0 Å². The van der Waals surface area contributed by atoms with Crippen LogP contribution in [0.2, 0.25) is 5.02 Å². The first-order valence-electron chi connectivity index (χ1n) is 8.02. The van der Waals surface area contributed by atoms with Crippen molar-refractivity contribution in [1.82, 2.24) is 10.3 Å². The molecule has 0 bridgehead atoms. The van der Waals surface area contributed by atoms with Gasteiger partial charge in [-0.3, -0.25) is 5.41 Å². The molecular weight excluding hydrogens is 332 g/mol. The number of pyridine rings is 1. The maximum atomic E-state index is 8.11. The van der Waals surface area contributed by atoms with E-state index in [9.17, 15) is 0 Å². The van der Waals surface area contributed by atoms with E-state index < -0.39 is 0 Å². The Labute approximate surface area is 152 Å². The van der Waals surface area contributed by atoms with E-state index >= 15 is 0 Å². The van der Waals surface area contributed by atoms with E-state index in [1.807, 2.05) is 54.6 Å². The smallest absolute Gasteiger partial charge is 0.194 e. The summed E-state index contributed by atoms with van der Waals surface area (Å²) < 4.78 is 0. The van der Waals surface area contributed by atoms with Crippen LogP contribution in [0.15, 0.2) is 72.9 Å². The largest absolute Gasteiger partial charge is 0.352 e. The van der Waals surface area contributed by atoms with Gasteiger partial charge in [0.05, 0.1) is 0 Å². The molecule has 0 aliphatic rings. The Bertz CT molecular complexity index is 832. The number of nitrogens with zero attached hydrogens (tertiary/aromatic N) is 1. The molecule has 0 atom stereocenters. The van der Waals surface area contributed by atoms with E-state index in [2.05, 4.69) is 27.8 Å². The summed E-state index contributed by atoms with van der Waals surface area (Å²) in [6.07, 6.45) is 2.49. The zero-order chi connectivity index (χ0) is 17.5. The highest BCUT2D eigenvalue weighted by molar-refractivity contribution is 6.30. The molecule has 0 radical (unpaired) electrons. The molecule has 5 heteroatoms. The molecule has 0 aliphatic heterocycles. The summed E-state index contributed by atoms with van der Waals surface area (Å²) in [5.74, 6) is 0.905. The third kappa shape index (κ3) is 5.06. The molecule has 1 heterocycles. The monoisotopic (exact) mass is 350 g/mol. The van der Waals surface area contributed by atoms with Gasteiger partial charge in [-0.15, -0.1) is 0 Å². The first-order chi connectivity index (χ1) is 12.2. The molecule has 3 aromatic rings. The number of nitrogens with one attached hydrogen (secondary N) is 3. The van der Waals surface area contributed by atoms with Gasteiger partial charge in [0.15, 0.2) is 5.96 Å². The highest BCUT2D eigenvalue weighted by Gasteiger charge is 2.06. The fourth-order valence-corrected chi connectivity index (χ4v) is 2.59. The topological polar surface area (TPSA) is 60.8 Å². The van der Waals surface area contributed by atoms with Crippen molar-refractivity contribution in [2.75, 3.05) is 5.32 Å². The highest BCUT2D eigenvalue weighted by Crippen LogP contribution is 2.16. The van der Waals surface area contributed by atoms with Crippen molar-refractivity contribution >= 4 is 23.4 Å². The average molecular weight is 351 g/mol. The molecule has 3 rings (SSSR count). The molecule has 0 saturated carbocycles. The second-order valence-electron chi connectivity index (χ2n) is 5.65. The number of guanidine groups is 1. The Hall–Kier alpha value is -2.85. The lowest BCUT2D eigenvalue weighted by Crippen LogP contribution is -2.29. The summed E-state index contributed by atoms with van der Waals surface area (Å²) >= 11 is 5.88. The molecule has 126 valence electrons. The van der Waals surface area contributed by atoms with Crippen LogP contribution >= 0.6 is 11.6 Å². The maximum absolute atomic E-state index is 8.11. The first-order valence-corrected chi connectivity index (χ1v) is 8.40. The Morgan fingerprint density at radius 2 is 1.68 bits per heavy atom. The molecule has 2 aromatic carbocycles. The van der Waals surface area contributed by atoms with Gasteiger partial charge in [0.1, 0.15) is 5.82 Å². The number of anilines is 1. The molecule has 0 saturated heterocycles. The summed E-state index contributed by atoms with van der Waals surface area (Å²) in [4.78, 5) is 4.37. The van der Waals surface area contributed by atoms with Gasteiger partial charge in [0, 0.05) is 24.2 Å². The van der Waals surface area contributed by atoms with Crippen LogP contribution in [0, 0.1) is 5.41 Å². The lowest BCUT2D eigenvalue weighted by atomic mass is 10.1. The van der Waals surface area contributed by atoms with Gasteiger partial charge in [-0.2, -0.15) is 0 Å². The SMILES string of the molecule is N=C(NCc1ccc(Cl)cc1)Nc1ncccc1Cc1ccccc1. The fraction of sp³-hybridized carbons (Fsp3) is 0.100. The van der Waals surface area contributed by atoms with E-state index in [1.165, 1.54) is 5.56 Å². The Morgan fingerprint density at radius 3 is 2.44 bits per heavy atom. The van der Waals surface area contributed by atoms with Crippen LogP contribution in [0.4, 0.5) is 5.82 Å². The predicted octanol–water partition coefficient (Wildman–Crippen LogP) is 4.46. The van der Waals surface area contributed by atoms with Crippen molar-refractivity contribution in [3.63, 3.8) is 0 Å². The summed E-state index contributed by atoms with van der Waals surface area (Å²) in [6, 6.07) is 21.7. The van der Waals surface area contributed by atoms with Gasteiger partial charge in [-0.05, 0) is 34.9 Å². The van der Waals surface area contributed by atoms with Gasteiger partial charge < -0.3 is 10.6 Å². The number of hydrogen-bond donors (Lipinski definition) is 3. The standard InChI is InChI=1S/C20H19ClN4/c21-18-10-8-16(9-11-18)14-24-20(22)25-19-17(7-4-12-23-19)13-15-5-2-1-3-6-15/h1-12H,13-14H2,(H3,22,23,24,25). The van der Waals surface area contributed by atoms with Gasteiger partial charge in [0.2, 0.25) is 0 Å². The van der Waals surface area contributed by atoms with Crippen LogP contribution in [0.3, 0.4) is 0 Å². The summed E-state index contributed by atoms with van der Waals surface area (Å²) in [7, 11) is 0. The minimum atomic E-state index is 0.211. The van der Waals surface area contributed by atoms with Gasteiger partial charge >= 0.3 is 0 Å². The zero-order valence-electron chi connectivity index (χ0n) is 13.7. The number of hydrogen-bond acceptors (Lipinski definition) is 2. The van der Waals surface area contributed by atoms with Crippen molar-refractivity contribution < 1.29 is 0 Å². The minimum Gasteiger partial charge on any atom is -0.352 e. The van der Waals surface area contributed by atoms with Crippen molar-refractivity contribution in [3.05, 3.63) is 94.6 Å². The molecule has 1 aromatic heterocycles. The lowest BCUT2D eigenvalue weighted by molar-refractivity contribution is 0.902. The summed E-state index contributed by atoms with van der Waals surface area (Å²) in [5, 5.41) is 14.9. The summed E-state index contributed by atoms with van der Waals surface area (Å²) in [6.45, 7) is 0.545. The molecule has 4 nitrogen and oxygen atoms in total. The maximum Gasteiger partial charge on any atom is 0.194 e. The molecule has 0 fully saturated rings. The van der Waals surface area contributed by atoms with Gasteiger partial charge in [-0.1, -0.05) is 60.1 Å². The van der Waals surface area contributed by atoms with Crippen molar-refractivity contribution in [1.29, 1.82) is 5.41 Å². The van der Waals surface area contributed by atoms with E-state index in [-0.39, 0.29) is 5.96 Å². The minimum absolute atomic E-state index is 0.211. The van der Waals surface area contributed by atoms with Crippen LogP contribution < -0.4 is 10.6 Å². The number of rotatable bonds is 5. The summed E-state index contributed by atoms with van der Waals surface area (Å²) in [5.41, 5.74) is 3.31. The Morgan fingerprint density at radius 1 is 0.920 bits per heavy atom. The van der Waals surface area contributed by atoms with Crippen LogP contribution in [-0.4, -0.2) is 10.9 Å². The van der Waals surface area contributed by atoms with E-state index in [0.717, 1.165) is 17.5 Å². The number of halogens is 1. The van der Waals surface area contributed by atoms with Crippen LogP contribution in [-0.2, 0) is 13.0 Å². The second-order valence-corrected chi connectivity index (χ2v) is 6.09. The number of aromatic nitrogens is 1. The van der Waals surface area contributed by atoms with E-state index in [1.54, 1.807) is 6.20 Å². The lowest BCUT2D eigenvalue weighted by Gasteiger charge is -2.13. The molecule has 0 amide bonds. The molecule has 0 spiro atoms. The fourth-order valence-electron chi connectivity index (χ4n) is 2.46. The zero-order valence-corrected chi connectivity index (χ0v) is 14.4. The van der Waals surface area contributed by atoms with Gasteiger partial charge in [-0.25, -0.2) is 4.98 Å². The van der Waals surface area contributed by atoms with E-state index in [0.29, 0.717) is 17.4 Å². The van der Waals surface area contributed by atoms with Gasteiger partial charge in [0.25, 0.3) is 0 Å². The average Bonchev–Trinajstić information content (AvgIpc) is 2.64. The third-order valence-electron chi connectivity index (χ3n) is 3.75. The van der Waals surface area contributed by atoms with Crippen LogP contribution in [0.5, 0.6) is 0 Å². The second kappa shape index (κ2) is 8.31. The molecule has 0 unspecified atom stereocenters. The molecule has 25 heavy (non-hydrogen) atoms. The first kappa shape index (κ1) is 17.0. The van der Waals surface area contributed by atoms with Crippen molar-refractivity contribution in [2.45, 2.75) is 13.0 Å². The third-order valence-corrected chi connectivity index (χ3v) is 4.01. The molecule has 3 N–H and O–H groups in total. The number of benzene rings is 2. The molecular formula is C20H19ClN4. The predicted molar refractivity (Wildman–Crippen MR) is 103 cm³/mol. The van der Waals surface area contributed by atoms with Crippen molar-refractivity contribution in [3.8, 4) is 0 Å². The Kier molecular flexibility index (Phi) is 5.65. The quantitative estimate of drug-likeness (QED) is 0.470. The highest BCUT2D eigenvalue weighted by atomic mass is 35.5. The molecule has 0 aliphatic carbocycles. The normalized spacial score (nSPS) is 10.3. The van der Waals surface area contributed by atoms with Crippen LogP contribution in [0.1, 0.15) is 16.7 Å². The Balaban J connectivity index is 1.62. The van der Waals surface area contributed by atoms with Crippen LogP contribution in [0.25, 0.3) is 0 Å². The van der Waals surface area contributed by atoms with Crippen molar-refractivity contribution in [2.24, 2.45) is 0 Å².